The second-order valence-electron chi connectivity index (χ2n) is 6.58. The molecule has 12 heteroatoms. The number of carboxylic acids is 1. The first-order valence-corrected chi connectivity index (χ1v) is 9.36. The molecule has 0 aromatic carbocycles. The van der Waals surface area contributed by atoms with Crippen molar-refractivity contribution in [3.8, 4) is 5.13 Å². The van der Waals surface area contributed by atoms with Crippen LogP contribution < -0.4 is 16.1 Å². The molecular formula is C17H14F3N5O3S. The molecule has 1 aliphatic heterocycles. The second kappa shape index (κ2) is 6.81. The van der Waals surface area contributed by atoms with Gasteiger partial charge in [-0.3, -0.25) is 9.36 Å². The molecular weight excluding hydrogens is 411 g/mol. The minimum atomic E-state index is -4.89. The molecule has 4 heterocycles. The van der Waals surface area contributed by atoms with Crippen molar-refractivity contribution < 1.29 is 23.1 Å². The van der Waals surface area contributed by atoms with Crippen molar-refractivity contribution >= 4 is 34.2 Å². The number of thiazole rings is 1. The van der Waals surface area contributed by atoms with Crippen LogP contribution in [-0.2, 0) is 6.18 Å². The van der Waals surface area contributed by atoms with Gasteiger partial charge in [0, 0.05) is 36.9 Å². The van der Waals surface area contributed by atoms with Gasteiger partial charge in [0.1, 0.15) is 11.4 Å². The zero-order valence-electron chi connectivity index (χ0n) is 14.7. The zero-order valence-corrected chi connectivity index (χ0v) is 15.5. The fraction of sp³-hybridized carbons (Fsp3) is 0.294. The van der Waals surface area contributed by atoms with Gasteiger partial charge in [-0.05, 0) is 12.5 Å². The van der Waals surface area contributed by atoms with E-state index in [0.29, 0.717) is 19.5 Å². The van der Waals surface area contributed by atoms with E-state index >= 15 is 0 Å². The highest BCUT2D eigenvalue weighted by atomic mass is 32.1. The minimum Gasteiger partial charge on any atom is -0.477 e. The smallest absolute Gasteiger partial charge is 0.417 e. The van der Waals surface area contributed by atoms with Gasteiger partial charge >= 0.3 is 12.1 Å². The van der Waals surface area contributed by atoms with Crippen LogP contribution in [0.15, 0.2) is 28.6 Å². The molecule has 0 spiro atoms. The summed E-state index contributed by atoms with van der Waals surface area (Å²) in [5, 5.41) is 10.3. The predicted molar refractivity (Wildman–Crippen MR) is 99.8 cm³/mol. The highest BCUT2D eigenvalue weighted by Gasteiger charge is 2.37. The van der Waals surface area contributed by atoms with Crippen molar-refractivity contribution in [1.29, 1.82) is 0 Å². The summed E-state index contributed by atoms with van der Waals surface area (Å²) in [5.74, 6) is -1.62. The summed E-state index contributed by atoms with van der Waals surface area (Å²) in [6.45, 7) is 0.746. The van der Waals surface area contributed by atoms with E-state index in [1.165, 1.54) is 6.20 Å². The molecule has 0 amide bonds. The summed E-state index contributed by atoms with van der Waals surface area (Å²) in [5.41, 5.74) is 2.28. The Labute approximate surface area is 165 Å². The van der Waals surface area contributed by atoms with Crippen LogP contribution in [0.1, 0.15) is 22.3 Å². The van der Waals surface area contributed by atoms with Gasteiger partial charge in [0.2, 0.25) is 5.43 Å². The first kappa shape index (κ1) is 19.3. The van der Waals surface area contributed by atoms with Crippen LogP contribution in [-0.4, -0.2) is 44.7 Å². The van der Waals surface area contributed by atoms with E-state index < -0.39 is 34.1 Å². The van der Waals surface area contributed by atoms with Gasteiger partial charge in [0.05, 0.1) is 10.9 Å². The number of pyridine rings is 2. The van der Waals surface area contributed by atoms with Crippen LogP contribution in [0.25, 0.3) is 16.2 Å². The molecule has 152 valence electrons. The lowest BCUT2D eigenvalue weighted by atomic mass is 10.1. The van der Waals surface area contributed by atoms with Gasteiger partial charge in [-0.1, -0.05) is 0 Å². The summed E-state index contributed by atoms with van der Waals surface area (Å²) in [6, 6.07) is 0.581. The van der Waals surface area contributed by atoms with Crippen LogP contribution in [0, 0.1) is 0 Å². The summed E-state index contributed by atoms with van der Waals surface area (Å²) in [7, 11) is 0. The average Bonchev–Trinajstić information content (AvgIpc) is 3.32. The van der Waals surface area contributed by atoms with Gasteiger partial charge in [-0.15, -0.1) is 11.3 Å². The van der Waals surface area contributed by atoms with E-state index in [4.69, 9.17) is 5.73 Å². The fourth-order valence-corrected chi connectivity index (χ4v) is 3.93. The maximum Gasteiger partial charge on any atom is 0.417 e. The summed E-state index contributed by atoms with van der Waals surface area (Å²) >= 11 is 1.07. The number of carboxylic acid groups (broad SMARTS) is 1. The lowest BCUT2D eigenvalue weighted by molar-refractivity contribution is -0.136. The summed E-state index contributed by atoms with van der Waals surface area (Å²) in [4.78, 5) is 34.1. The third kappa shape index (κ3) is 3.34. The molecule has 0 bridgehead atoms. The Morgan fingerprint density at radius 3 is 2.69 bits per heavy atom. The number of alkyl halides is 3. The molecule has 3 aromatic rings. The van der Waals surface area contributed by atoms with Gasteiger partial charge in [-0.25, -0.2) is 14.8 Å². The van der Waals surface area contributed by atoms with Gasteiger partial charge < -0.3 is 15.7 Å². The normalized spacial score (nSPS) is 17.2. The first-order valence-electron chi connectivity index (χ1n) is 8.48. The Bertz CT molecular complexity index is 1160. The molecule has 29 heavy (non-hydrogen) atoms. The third-order valence-electron chi connectivity index (χ3n) is 4.65. The van der Waals surface area contributed by atoms with Crippen LogP contribution in [0.4, 0.5) is 19.0 Å². The Morgan fingerprint density at radius 1 is 1.38 bits per heavy atom. The topological polar surface area (TPSA) is 114 Å². The Morgan fingerprint density at radius 2 is 2.14 bits per heavy atom. The lowest BCUT2D eigenvalue weighted by Gasteiger charge is -2.21. The number of nitrogens with two attached hydrogens (primary N) is 1. The molecule has 1 atom stereocenters. The van der Waals surface area contributed by atoms with E-state index in [1.54, 1.807) is 10.3 Å². The number of hydrogen-bond acceptors (Lipinski definition) is 7. The monoisotopic (exact) mass is 425 g/mol. The van der Waals surface area contributed by atoms with Gasteiger partial charge in [0.15, 0.2) is 10.8 Å². The highest BCUT2D eigenvalue weighted by Crippen LogP contribution is 2.36. The number of nitrogens with zero attached hydrogens (tertiary/aromatic N) is 4. The number of aromatic nitrogens is 3. The Hall–Kier alpha value is -2.99. The molecule has 0 aliphatic carbocycles. The number of carbonyl (C=O) groups is 1. The molecule has 1 aliphatic rings. The maximum absolute atomic E-state index is 13.9. The number of aromatic carboxylic acids is 1. The largest absolute Gasteiger partial charge is 0.477 e. The first-order chi connectivity index (χ1) is 13.7. The molecule has 3 N–H and O–H groups in total. The SMILES string of the molecule is NC1CCN(c2cc(C(F)(F)F)c3c(=O)c(C(=O)O)cn(-c4nccs4)c3n2)C1. The van der Waals surface area contributed by atoms with Gasteiger partial charge in [-0.2, -0.15) is 13.2 Å². The molecule has 8 nitrogen and oxygen atoms in total. The summed E-state index contributed by atoms with van der Waals surface area (Å²) < 4.78 is 42.7. The predicted octanol–water partition coefficient (Wildman–Crippen LogP) is 2.10. The number of hydrogen-bond donors (Lipinski definition) is 2. The van der Waals surface area contributed by atoms with Crippen molar-refractivity contribution in [3.05, 3.63) is 45.2 Å². The van der Waals surface area contributed by atoms with Crippen molar-refractivity contribution in [1.82, 2.24) is 14.5 Å². The van der Waals surface area contributed by atoms with E-state index in [1.807, 2.05) is 0 Å². The molecule has 0 saturated carbocycles. The molecule has 1 fully saturated rings. The van der Waals surface area contributed by atoms with Crippen LogP contribution in [0.3, 0.4) is 0 Å². The van der Waals surface area contributed by atoms with E-state index in [9.17, 15) is 27.9 Å². The molecule has 4 rings (SSSR count). The van der Waals surface area contributed by atoms with Crippen molar-refractivity contribution in [2.75, 3.05) is 18.0 Å². The zero-order chi connectivity index (χ0) is 20.9. The quantitative estimate of drug-likeness (QED) is 0.660. The number of halogens is 3. The number of anilines is 1. The number of rotatable bonds is 3. The van der Waals surface area contributed by atoms with Crippen LogP contribution >= 0.6 is 11.3 Å². The van der Waals surface area contributed by atoms with E-state index in [-0.39, 0.29) is 22.6 Å². The highest BCUT2D eigenvalue weighted by molar-refractivity contribution is 7.12. The van der Waals surface area contributed by atoms with Crippen molar-refractivity contribution in [2.45, 2.75) is 18.6 Å². The van der Waals surface area contributed by atoms with E-state index in [2.05, 4.69) is 9.97 Å². The standard InChI is InChI=1S/C17H14F3N5O3S/c18-17(19,20)10-5-11(24-3-1-8(21)6-24)23-14-12(10)13(26)9(15(27)28)7-25(14)16-22-2-4-29-16/h2,4-5,7-8H,1,3,6,21H2,(H,27,28). The fourth-order valence-electron chi connectivity index (χ4n) is 3.31. The Balaban J connectivity index is 2.12. The second-order valence-corrected chi connectivity index (χ2v) is 7.45. The summed E-state index contributed by atoms with van der Waals surface area (Å²) in [6.07, 6.45) is -1.93. The van der Waals surface area contributed by atoms with Crippen molar-refractivity contribution in [2.24, 2.45) is 5.73 Å². The van der Waals surface area contributed by atoms with Crippen LogP contribution in [0.2, 0.25) is 0 Å². The maximum atomic E-state index is 13.9. The molecule has 1 unspecified atom stereocenters. The molecule has 0 radical (unpaired) electrons. The molecule has 1 saturated heterocycles. The Kier molecular flexibility index (Phi) is 4.54. The molecule has 3 aromatic heterocycles. The number of fused-ring (bicyclic) bond motifs is 1. The van der Waals surface area contributed by atoms with Gasteiger partial charge in [0.25, 0.3) is 0 Å². The average molecular weight is 425 g/mol. The van der Waals surface area contributed by atoms with E-state index in [0.717, 1.165) is 28.2 Å². The van der Waals surface area contributed by atoms with Crippen LogP contribution in [0.5, 0.6) is 0 Å². The van der Waals surface area contributed by atoms with Crippen molar-refractivity contribution in [3.63, 3.8) is 0 Å². The lowest BCUT2D eigenvalue weighted by Crippen LogP contribution is -2.28. The third-order valence-corrected chi connectivity index (χ3v) is 5.43. The minimum absolute atomic E-state index is 0.0190.